The van der Waals surface area contributed by atoms with Crippen molar-refractivity contribution >= 4 is 24.0 Å². The molecular formula is C40H50N8O8. The Balaban J connectivity index is 1.12. The van der Waals surface area contributed by atoms with Gasteiger partial charge in [0.2, 0.25) is 11.8 Å². The van der Waals surface area contributed by atoms with Crippen LogP contribution < -0.4 is 5.32 Å². The molecule has 2 unspecified atom stereocenters. The second-order valence-electron chi connectivity index (χ2n) is 15.0. The van der Waals surface area contributed by atoms with Gasteiger partial charge in [0.25, 0.3) is 0 Å². The lowest BCUT2D eigenvalue weighted by atomic mass is 10.0. The standard InChI is InChI=1S/C40H50N8O8/c1-22(2)34(46(4)40(54)55)38(52)48-20-28(50)17-32(48)36-42-19-30(44-36)27-14-10-25(11-15-27)24-8-12-26(13-9-24)29-18-41-35(43-29)31-7-6-16-47(31)37(51)33(23(3)21-49)45-39(53)56-5/h8-15,18-19,22-23,28,31-34,49-50H,6-7,16-17,20-21H2,1-5H3,(H,41,43)(H,42,44)(H,45,53)(H,54,55)/t23?,28-,31?,32-,33-,34-/m0/s1. The van der Waals surface area contributed by atoms with Gasteiger partial charge in [-0.05, 0) is 41.0 Å². The summed E-state index contributed by atoms with van der Waals surface area (Å²) in [6.45, 7) is 5.61. The van der Waals surface area contributed by atoms with Gasteiger partial charge in [-0.3, -0.25) is 14.5 Å². The lowest BCUT2D eigenvalue weighted by molar-refractivity contribution is -0.139. The first-order valence-electron chi connectivity index (χ1n) is 18.8. The number of β-amino-alcohol motifs (C(OH)–C–C–N with tert-alkyl or cyclic N) is 1. The van der Waals surface area contributed by atoms with Gasteiger partial charge in [0.1, 0.15) is 23.7 Å². The molecule has 2 aliphatic rings. The van der Waals surface area contributed by atoms with Crippen LogP contribution in [0, 0.1) is 11.8 Å². The fraction of sp³-hybridized carbons (Fsp3) is 0.450. The van der Waals surface area contributed by atoms with Crippen molar-refractivity contribution in [2.75, 3.05) is 33.9 Å². The molecule has 56 heavy (non-hydrogen) atoms. The first-order chi connectivity index (χ1) is 26.8. The fourth-order valence-corrected chi connectivity index (χ4v) is 7.73. The number of ether oxygens (including phenoxy) is 1. The number of hydrogen-bond acceptors (Lipinski definition) is 9. The van der Waals surface area contributed by atoms with Crippen LogP contribution >= 0.6 is 0 Å². The number of carbonyl (C=O) groups is 4. The van der Waals surface area contributed by atoms with Gasteiger partial charge in [0, 0.05) is 39.1 Å². The van der Waals surface area contributed by atoms with Gasteiger partial charge in [-0.15, -0.1) is 0 Å². The zero-order chi connectivity index (χ0) is 40.3. The van der Waals surface area contributed by atoms with Crippen molar-refractivity contribution in [2.45, 2.75) is 70.3 Å². The smallest absolute Gasteiger partial charge is 0.407 e. The monoisotopic (exact) mass is 770 g/mol. The number of aromatic nitrogens is 4. The van der Waals surface area contributed by atoms with Crippen LogP contribution in [0.25, 0.3) is 33.6 Å². The number of likely N-dealkylation sites (tertiary alicyclic amines) is 2. The number of likely N-dealkylation sites (N-methyl/N-ethyl adjacent to an activating group) is 1. The van der Waals surface area contributed by atoms with Gasteiger partial charge in [0.05, 0.1) is 49.1 Å². The van der Waals surface area contributed by atoms with E-state index in [1.807, 2.05) is 48.5 Å². The summed E-state index contributed by atoms with van der Waals surface area (Å²) in [5.74, 6) is -0.268. The molecule has 6 N–H and O–H groups in total. The highest BCUT2D eigenvalue weighted by Crippen LogP contribution is 2.35. The van der Waals surface area contributed by atoms with Crippen molar-refractivity contribution in [2.24, 2.45) is 11.8 Å². The number of nitrogens with zero attached hydrogens (tertiary/aromatic N) is 5. The molecule has 0 bridgehead atoms. The van der Waals surface area contributed by atoms with Crippen molar-refractivity contribution in [3.63, 3.8) is 0 Å². The number of benzene rings is 2. The number of methoxy groups -OCH3 is 1. The molecule has 2 aromatic heterocycles. The van der Waals surface area contributed by atoms with E-state index in [1.165, 1.54) is 19.1 Å². The van der Waals surface area contributed by atoms with Gasteiger partial charge < -0.3 is 45.1 Å². The molecule has 0 spiro atoms. The zero-order valence-corrected chi connectivity index (χ0v) is 32.2. The Hall–Kier alpha value is -5.74. The SMILES string of the molecule is COC(=O)N[C@H](C(=O)N1CCCC1c1ncc(-c2ccc(-c3ccc(-c4cnc([C@@H]5C[C@H](O)CN5C(=O)[C@H](C(C)C)N(C)C(=O)O)[nH]4)cc3)cc2)[nH]1)C(C)CO. The average Bonchev–Trinajstić information content (AvgIpc) is 4.03. The van der Waals surface area contributed by atoms with E-state index in [0.717, 1.165) is 45.0 Å². The molecular weight excluding hydrogens is 720 g/mol. The summed E-state index contributed by atoms with van der Waals surface area (Å²) in [6.07, 6.45) is 2.53. The van der Waals surface area contributed by atoms with Crippen molar-refractivity contribution in [1.29, 1.82) is 0 Å². The Morgan fingerprint density at radius 1 is 0.875 bits per heavy atom. The van der Waals surface area contributed by atoms with Crippen LogP contribution in [0.1, 0.15) is 63.8 Å². The predicted octanol–water partition coefficient (Wildman–Crippen LogP) is 4.42. The molecule has 2 aromatic carbocycles. The number of rotatable bonds is 12. The molecule has 0 saturated carbocycles. The number of aliphatic hydroxyl groups excluding tert-OH is 2. The molecule has 2 fully saturated rings. The van der Waals surface area contributed by atoms with E-state index in [-0.39, 0.29) is 43.3 Å². The third-order valence-corrected chi connectivity index (χ3v) is 10.8. The Bertz CT molecular complexity index is 2010. The van der Waals surface area contributed by atoms with Crippen LogP contribution in [0.4, 0.5) is 9.59 Å². The summed E-state index contributed by atoms with van der Waals surface area (Å²) in [6, 6.07) is 13.4. The molecule has 16 nitrogen and oxygen atoms in total. The number of H-pyrrole nitrogens is 2. The van der Waals surface area contributed by atoms with E-state index >= 15 is 0 Å². The molecule has 298 valence electrons. The average molecular weight is 771 g/mol. The molecule has 4 heterocycles. The van der Waals surface area contributed by atoms with Gasteiger partial charge >= 0.3 is 12.2 Å². The second kappa shape index (κ2) is 17.0. The van der Waals surface area contributed by atoms with Crippen molar-refractivity contribution in [1.82, 2.24) is 40.0 Å². The second-order valence-corrected chi connectivity index (χ2v) is 15.0. The summed E-state index contributed by atoms with van der Waals surface area (Å²) in [4.78, 5) is 71.0. The number of carbonyl (C=O) groups excluding carboxylic acids is 3. The highest BCUT2D eigenvalue weighted by atomic mass is 16.5. The first kappa shape index (κ1) is 39.9. The first-order valence-corrected chi connectivity index (χ1v) is 18.8. The number of hydrogen-bond donors (Lipinski definition) is 6. The van der Waals surface area contributed by atoms with E-state index in [9.17, 15) is 34.5 Å². The molecule has 2 aliphatic heterocycles. The van der Waals surface area contributed by atoms with Gasteiger partial charge in [-0.2, -0.15) is 0 Å². The number of alkyl carbamates (subject to hydrolysis) is 1. The van der Waals surface area contributed by atoms with Crippen molar-refractivity contribution in [3.05, 3.63) is 72.6 Å². The van der Waals surface area contributed by atoms with E-state index in [0.29, 0.717) is 24.6 Å². The van der Waals surface area contributed by atoms with E-state index in [2.05, 4.69) is 25.3 Å². The molecule has 0 radical (unpaired) electrons. The third-order valence-electron chi connectivity index (χ3n) is 10.8. The Morgan fingerprint density at radius 3 is 1.91 bits per heavy atom. The maximum atomic E-state index is 13.6. The number of amides is 4. The number of aromatic amines is 2. The summed E-state index contributed by atoms with van der Waals surface area (Å²) >= 11 is 0. The third kappa shape index (κ3) is 8.26. The molecule has 4 aromatic rings. The van der Waals surface area contributed by atoms with E-state index in [1.54, 1.807) is 38.1 Å². The van der Waals surface area contributed by atoms with E-state index in [4.69, 9.17) is 4.74 Å². The van der Waals surface area contributed by atoms with Crippen LogP contribution in [0.2, 0.25) is 0 Å². The minimum atomic E-state index is -1.19. The molecule has 6 atom stereocenters. The van der Waals surface area contributed by atoms with Crippen LogP contribution in [0.5, 0.6) is 0 Å². The Labute approximate surface area is 324 Å². The van der Waals surface area contributed by atoms with Crippen molar-refractivity contribution in [3.8, 4) is 33.6 Å². The van der Waals surface area contributed by atoms with Gasteiger partial charge in [0.15, 0.2) is 0 Å². The maximum absolute atomic E-state index is 13.6. The summed E-state index contributed by atoms with van der Waals surface area (Å²) in [5, 5.41) is 32.4. The van der Waals surface area contributed by atoms with Gasteiger partial charge in [-0.25, -0.2) is 19.6 Å². The highest BCUT2D eigenvalue weighted by molar-refractivity contribution is 5.87. The molecule has 6 rings (SSSR count). The van der Waals surface area contributed by atoms with Crippen LogP contribution in [0.3, 0.4) is 0 Å². The molecule has 4 amide bonds. The van der Waals surface area contributed by atoms with Crippen LogP contribution in [-0.4, -0.2) is 126 Å². The summed E-state index contributed by atoms with van der Waals surface area (Å²) in [5.41, 5.74) is 5.34. The number of nitrogens with one attached hydrogen (secondary N) is 3. The zero-order valence-electron chi connectivity index (χ0n) is 32.2. The van der Waals surface area contributed by atoms with Crippen LogP contribution in [-0.2, 0) is 14.3 Å². The maximum Gasteiger partial charge on any atom is 0.407 e. The van der Waals surface area contributed by atoms with Gasteiger partial charge in [-0.1, -0.05) is 69.3 Å². The van der Waals surface area contributed by atoms with Crippen LogP contribution in [0.15, 0.2) is 60.9 Å². The quantitative estimate of drug-likeness (QED) is 0.119. The minimum absolute atomic E-state index is 0.0922. The number of aliphatic hydroxyl groups is 2. The Morgan fingerprint density at radius 2 is 1.41 bits per heavy atom. The minimum Gasteiger partial charge on any atom is -0.465 e. The predicted molar refractivity (Wildman–Crippen MR) is 206 cm³/mol. The van der Waals surface area contributed by atoms with Crippen molar-refractivity contribution < 1.29 is 39.2 Å². The summed E-state index contributed by atoms with van der Waals surface area (Å²) in [7, 11) is 2.61. The number of imidazole rings is 2. The highest BCUT2D eigenvalue weighted by Gasteiger charge is 2.43. The largest absolute Gasteiger partial charge is 0.465 e. The lowest BCUT2D eigenvalue weighted by Crippen LogP contribution is -2.52. The topological polar surface area (TPSA) is 217 Å². The molecule has 2 saturated heterocycles. The van der Waals surface area contributed by atoms with E-state index < -0.39 is 42.3 Å². The lowest BCUT2D eigenvalue weighted by Gasteiger charge is -2.33. The summed E-state index contributed by atoms with van der Waals surface area (Å²) < 4.78 is 4.71. The molecule has 16 heteroatoms. The Kier molecular flexibility index (Phi) is 12.1. The fourth-order valence-electron chi connectivity index (χ4n) is 7.73. The molecule has 0 aliphatic carbocycles. The number of carboxylic acid groups (broad SMARTS) is 1. The normalized spacial score (nSPS) is 19.8.